The van der Waals surface area contributed by atoms with Crippen LogP contribution in [0.25, 0.3) is 0 Å². The molecule has 3 atom stereocenters. The third kappa shape index (κ3) is 2.95. The van der Waals surface area contributed by atoms with Gasteiger partial charge >= 0.3 is 0 Å². The Bertz CT molecular complexity index is 564. The van der Waals surface area contributed by atoms with Crippen molar-refractivity contribution in [3.63, 3.8) is 0 Å². The summed E-state index contributed by atoms with van der Waals surface area (Å²) in [6, 6.07) is 5.49. The number of fused-ring (bicyclic) bond motifs is 1. The largest absolute Gasteiger partial charge is 0.493 e. The quantitative estimate of drug-likeness (QED) is 0.927. The Kier molecular flexibility index (Phi) is 4.59. The van der Waals surface area contributed by atoms with Crippen molar-refractivity contribution in [1.29, 1.82) is 0 Å². The van der Waals surface area contributed by atoms with Crippen molar-refractivity contribution in [2.75, 3.05) is 19.7 Å². The van der Waals surface area contributed by atoms with Crippen LogP contribution in [0.15, 0.2) is 18.2 Å². The molecule has 3 unspecified atom stereocenters. The first kappa shape index (κ1) is 15.6. The molecule has 1 heterocycles. The number of likely N-dealkylation sites (tertiary alicyclic amines) is 1. The molecule has 2 aliphatic rings. The lowest BCUT2D eigenvalue weighted by Gasteiger charge is -2.20. The molecule has 0 radical (unpaired) electrons. The molecule has 1 saturated heterocycles. The molecule has 1 aromatic rings. The first-order valence-corrected chi connectivity index (χ1v) is 8.45. The molecular weight excluding hydrogens is 300 g/mol. The summed E-state index contributed by atoms with van der Waals surface area (Å²) in [7, 11) is 0. The number of rotatable bonds is 4. The van der Waals surface area contributed by atoms with Crippen molar-refractivity contribution in [2.45, 2.75) is 32.2 Å². The van der Waals surface area contributed by atoms with E-state index in [1.54, 1.807) is 18.2 Å². The summed E-state index contributed by atoms with van der Waals surface area (Å²) in [5.41, 5.74) is 6.72. The fourth-order valence-electron chi connectivity index (χ4n) is 3.65. The second-order valence-electron chi connectivity index (χ2n) is 6.36. The van der Waals surface area contributed by atoms with Gasteiger partial charge in [0.1, 0.15) is 5.75 Å². The standard InChI is InChI=1S/C17H23ClN2O2/c1-2-7-22-16-6-4-12(18)8-13(16)17(21)20-9-11-3-5-15(19)14(11)10-20/h4,6,8,11,14-15H,2-3,5,7,9-10,19H2,1H3. The highest BCUT2D eigenvalue weighted by atomic mass is 35.5. The third-order valence-corrected chi connectivity index (χ3v) is 5.07. The number of hydrogen-bond acceptors (Lipinski definition) is 3. The first-order valence-electron chi connectivity index (χ1n) is 8.07. The summed E-state index contributed by atoms with van der Waals surface area (Å²) in [5.74, 6) is 1.63. The van der Waals surface area contributed by atoms with Crippen molar-refractivity contribution >= 4 is 17.5 Å². The molecule has 2 fully saturated rings. The van der Waals surface area contributed by atoms with E-state index in [-0.39, 0.29) is 11.9 Å². The smallest absolute Gasteiger partial charge is 0.257 e. The fourth-order valence-corrected chi connectivity index (χ4v) is 3.82. The number of carbonyl (C=O) groups is 1. The van der Waals surface area contributed by atoms with Crippen LogP contribution in [0.1, 0.15) is 36.5 Å². The Morgan fingerprint density at radius 2 is 2.23 bits per heavy atom. The number of carbonyl (C=O) groups excluding carboxylic acids is 1. The van der Waals surface area contributed by atoms with Crippen LogP contribution in [-0.2, 0) is 0 Å². The number of nitrogens with zero attached hydrogens (tertiary/aromatic N) is 1. The van der Waals surface area contributed by atoms with E-state index in [0.29, 0.717) is 34.8 Å². The maximum absolute atomic E-state index is 12.9. The minimum absolute atomic E-state index is 0.00945. The number of benzene rings is 1. The van der Waals surface area contributed by atoms with Crippen molar-refractivity contribution < 1.29 is 9.53 Å². The Morgan fingerprint density at radius 3 is 2.95 bits per heavy atom. The minimum Gasteiger partial charge on any atom is -0.493 e. The van der Waals surface area contributed by atoms with Gasteiger partial charge < -0.3 is 15.4 Å². The summed E-state index contributed by atoms with van der Waals surface area (Å²) in [5, 5.41) is 0.559. The van der Waals surface area contributed by atoms with Crippen molar-refractivity contribution in [1.82, 2.24) is 4.90 Å². The van der Waals surface area contributed by atoms with Crippen molar-refractivity contribution in [3.8, 4) is 5.75 Å². The van der Waals surface area contributed by atoms with Crippen LogP contribution < -0.4 is 10.5 Å². The summed E-state index contributed by atoms with van der Waals surface area (Å²) < 4.78 is 5.71. The molecule has 2 N–H and O–H groups in total. The molecular formula is C17H23ClN2O2. The monoisotopic (exact) mass is 322 g/mol. The summed E-state index contributed by atoms with van der Waals surface area (Å²) >= 11 is 6.07. The second kappa shape index (κ2) is 6.47. The zero-order chi connectivity index (χ0) is 15.7. The zero-order valence-corrected chi connectivity index (χ0v) is 13.7. The van der Waals surface area contributed by atoms with Crippen LogP contribution in [-0.4, -0.2) is 36.5 Å². The first-order chi connectivity index (χ1) is 10.6. The van der Waals surface area contributed by atoms with Gasteiger partial charge in [-0.1, -0.05) is 18.5 Å². The van der Waals surface area contributed by atoms with E-state index in [0.717, 1.165) is 32.4 Å². The number of halogens is 1. The van der Waals surface area contributed by atoms with E-state index in [9.17, 15) is 4.79 Å². The Morgan fingerprint density at radius 1 is 1.41 bits per heavy atom. The van der Waals surface area contributed by atoms with E-state index < -0.39 is 0 Å². The fraction of sp³-hybridized carbons (Fsp3) is 0.588. The highest BCUT2D eigenvalue weighted by Crippen LogP contribution is 2.38. The maximum atomic E-state index is 12.9. The van der Waals surface area contributed by atoms with Crippen LogP contribution in [0.5, 0.6) is 5.75 Å². The molecule has 0 bridgehead atoms. The normalized spacial score (nSPS) is 27.0. The number of ether oxygens (including phenoxy) is 1. The highest BCUT2D eigenvalue weighted by molar-refractivity contribution is 6.31. The second-order valence-corrected chi connectivity index (χ2v) is 6.80. The molecule has 120 valence electrons. The molecule has 5 heteroatoms. The van der Waals surface area contributed by atoms with Gasteiger partial charge in [0, 0.05) is 24.2 Å². The summed E-state index contributed by atoms with van der Waals surface area (Å²) in [4.78, 5) is 14.8. The summed E-state index contributed by atoms with van der Waals surface area (Å²) in [6.45, 7) is 4.19. The number of amides is 1. The van der Waals surface area contributed by atoms with Gasteiger partial charge in [-0.15, -0.1) is 0 Å². The molecule has 1 aliphatic carbocycles. The average Bonchev–Trinajstić information content (AvgIpc) is 3.08. The van der Waals surface area contributed by atoms with Crippen LogP contribution in [0, 0.1) is 11.8 Å². The van der Waals surface area contributed by atoms with E-state index >= 15 is 0 Å². The van der Waals surface area contributed by atoms with E-state index in [2.05, 4.69) is 0 Å². The van der Waals surface area contributed by atoms with Gasteiger partial charge in [-0.05, 0) is 49.3 Å². The average molecular weight is 323 g/mol. The van der Waals surface area contributed by atoms with Crippen LogP contribution in [0.2, 0.25) is 5.02 Å². The van der Waals surface area contributed by atoms with Gasteiger partial charge in [0.25, 0.3) is 5.91 Å². The molecule has 22 heavy (non-hydrogen) atoms. The minimum atomic E-state index is 0.00945. The summed E-state index contributed by atoms with van der Waals surface area (Å²) in [6.07, 6.45) is 3.11. The molecule has 4 nitrogen and oxygen atoms in total. The van der Waals surface area contributed by atoms with Gasteiger partial charge in [-0.2, -0.15) is 0 Å². The van der Waals surface area contributed by atoms with E-state index in [1.807, 2.05) is 11.8 Å². The van der Waals surface area contributed by atoms with E-state index in [4.69, 9.17) is 22.1 Å². The Balaban J connectivity index is 1.79. The molecule has 1 aromatic carbocycles. The van der Waals surface area contributed by atoms with Crippen molar-refractivity contribution in [3.05, 3.63) is 28.8 Å². The molecule has 3 rings (SSSR count). The molecule has 0 aromatic heterocycles. The zero-order valence-electron chi connectivity index (χ0n) is 12.9. The molecule has 1 saturated carbocycles. The van der Waals surface area contributed by atoms with Gasteiger partial charge in [0.15, 0.2) is 0 Å². The molecule has 0 spiro atoms. The predicted molar refractivity (Wildman–Crippen MR) is 87.3 cm³/mol. The van der Waals surface area contributed by atoms with Gasteiger partial charge in [-0.3, -0.25) is 4.79 Å². The highest BCUT2D eigenvalue weighted by Gasteiger charge is 2.42. The number of nitrogens with two attached hydrogens (primary N) is 1. The van der Waals surface area contributed by atoms with Gasteiger partial charge in [-0.25, -0.2) is 0 Å². The maximum Gasteiger partial charge on any atom is 0.257 e. The Hall–Kier alpha value is -1.26. The number of hydrogen-bond donors (Lipinski definition) is 1. The topological polar surface area (TPSA) is 55.6 Å². The van der Waals surface area contributed by atoms with Crippen molar-refractivity contribution in [2.24, 2.45) is 17.6 Å². The van der Waals surface area contributed by atoms with Crippen LogP contribution >= 0.6 is 11.6 Å². The van der Waals surface area contributed by atoms with Crippen LogP contribution in [0.4, 0.5) is 0 Å². The molecule has 1 aliphatic heterocycles. The third-order valence-electron chi connectivity index (χ3n) is 4.83. The van der Waals surface area contributed by atoms with Gasteiger partial charge in [0.05, 0.1) is 12.2 Å². The van der Waals surface area contributed by atoms with Crippen LogP contribution in [0.3, 0.4) is 0 Å². The SMILES string of the molecule is CCCOc1ccc(Cl)cc1C(=O)N1CC2CCC(N)C2C1. The lowest BCUT2D eigenvalue weighted by molar-refractivity contribution is 0.0775. The lowest BCUT2D eigenvalue weighted by atomic mass is 9.98. The lowest BCUT2D eigenvalue weighted by Crippen LogP contribution is -2.33. The van der Waals surface area contributed by atoms with Gasteiger partial charge in [0.2, 0.25) is 0 Å². The van der Waals surface area contributed by atoms with E-state index in [1.165, 1.54) is 0 Å². The Labute approximate surface area is 136 Å². The molecule has 1 amide bonds. The predicted octanol–water partition coefficient (Wildman–Crippen LogP) is 2.94.